The maximum absolute atomic E-state index is 10.8. The van der Waals surface area contributed by atoms with Gasteiger partial charge in [0.25, 0.3) is 0 Å². The molecule has 4 aromatic rings. The first-order chi connectivity index (χ1) is 29.2. The lowest BCUT2D eigenvalue weighted by atomic mass is 9.90. The molecule has 5 N–H and O–H groups in total. The van der Waals surface area contributed by atoms with Gasteiger partial charge in [0.15, 0.2) is 0 Å². The van der Waals surface area contributed by atoms with Crippen LogP contribution in [0, 0.1) is 39.5 Å². The second kappa shape index (κ2) is 28.6. The quantitative estimate of drug-likeness (QED) is 0.0279. The number of carboxylic acids is 1. The van der Waals surface area contributed by atoms with Crippen molar-refractivity contribution in [3.05, 3.63) is 129 Å². The van der Waals surface area contributed by atoms with Crippen LogP contribution in [0.3, 0.4) is 0 Å². The first kappa shape index (κ1) is 51.4. The SMILES string of the molecule is CCC(CCCOc1ccc(CNCCC(=O)O)cc1)Cc1ccc(C)c(C)c1.CCCC(CCCOc1ccc(CNCCCP(=O)(O)O)cc1)Cc1ccc(C)c(C)c1. The van der Waals surface area contributed by atoms with Gasteiger partial charge in [-0.3, -0.25) is 9.36 Å². The number of hydrogen-bond acceptors (Lipinski definition) is 6. The Morgan fingerprint density at radius 2 is 1.07 bits per heavy atom. The minimum absolute atomic E-state index is 0.0729. The third kappa shape index (κ3) is 22.6. The molecular formula is C51H75N2O7P. The zero-order chi connectivity index (χ0) is 44.5. The van der Waals surface area contributed by atoms with Gasteiger partial charge in [0.1, 0.15) is 11.5 Å². The summed E-state index contributed by atoms with van der Waals surface area (Å²) in [6, 6.07) is 29.7. The van der Waals surface area contributed by atoms with E-state index in [1.165, 1.54) is 65.5 Å². The van der Waals surface area contributed by atoms with Crippen LogP contribution in [0.1, 0.15) is 116 Å². The molecule has 0 aliphatic rings. The molecule has 2 unspecified atom stereocenters. The van der Waals surface area contributed by atoms with Crippen molar-refractivity contribution in [3.8, 4) is 11.5 Å². The molecule has 9 nitrogen and oxygen atoms in total. The Morgan fingerprint density at radius 3 is 1.51 bits per heavy atom. The van der Waals surface area contributed by atoms with Crippen molar-refractivity contribution in [2.45, 2.75) is 125 Å². The normalized spacial score (nSPS) is 12.3. The summed E-state index contributed by atoms with van der Waals surface area (Å²) in [7, 11) is -3.89. The van der Waals surface area contributed by atoms with Gasteiger partial charge in [-0.05, 0) is 160 Å². The predicted molar refractivity (Wildman–Crippen MR) is 251 cm³/mol. The van der Waals surface area contributed by atoms with Crippen molar-refractivity contribution in [2.75, 3.05) is 32.5 Å². The smallest absolute Gasteiger partial charge is 0.325 e. The summed E-state index contributed by atoms with van der Waals surface area (Å²) in [5.74, 6) is 2.39. The van der Waals surface area contributed by atoms with Gasteiger partial charge in [-0.2, -0.15) is 0 Å². The average molecular weight is 859 g/mol. The summed E-state index contributed by atoms with van der Waals surface area (Å²) >= 11 is 0. The fourth-order valence-corrected chi connectivity index (χ4v) is 7.91. The molecule has 0 aliphatic heterocycles. The van der Waals surface area contributed by atoms with Crippen molar-refractivity contribution in [2.24, 2.45) is 11.8 Å². The number of ether oxygens (including phenoxy) is 2. The maximum Gasteiger partial charge on any atom is 0.325 e. The lowest BCUT2D eigenvalue weighted by Crippen LogP contribution is -2.17. The van der Waals surface area contributed by atoms with Crippen LogP contribution >= 0.6 is 7.60 Å². The Labute approximate surface area is 367 Å². The van der Waals surface area contributed by atoms with Crippen molar-refractivity contribution in [1.82, 2.24) is 10.6 Å². The van der Waals surface area contributed by atoms with Crippen LogP contribution < -0.4 is 20.1 Å². The highest BCUT2D eigenvalue weighted by Gasteiger charge is 2.12. The first-order valence-corrected chi connectivity index (χ1v) is 24.3. The molecule has 0 heterocycles. The van der Waals surface area contributed by atoms with E-state index in [1.54, 1.807) is 0 Å². The lowest BCUT2D eigenvalue weighted by Gasteiger charge is -2.17. The van der Waals surface area contributed by atoms with E-state index in [0.29, 0.717) is 44.4 Å². The molecule has 4 rings (SSSR count). The van der Waals surface area contributed by atoms with Gasteiger partial charge in [0.2, 0.25) is 0 Å². The molecule has 0 fully saturated rings. The Bertz CT molecular complexity index is 1880. The number of carboxylic acid groups (broad SMARTS) is 1. The molecule has 0 spiro atoms. The minimum atomic E-state index is -3.89. The lowest BCUT2D eigenvalue weighted by molar-refractivity contribution is -0.136. The molecule has 0 amide bonds. The van der Waals surface area contributed by atoms with Crippen LogP contribution in [-0.2, 0) is 35.3 Å². The van der Waals surface area contributed by atoms with Crippen LogP contribution in [0.15, 0.2) is 84.9 Å². The van der Waals surface area contributed by atoms with Crippen molar-refractivity contribution in [1.29, 1.82) is 0 Å². The predicted octanol–water partition coefficient (Wildman–Crippen LogP) is 11.1. The third-order valence-electron chi connectivity index (χ3n) is 11.3. The molecule has 4 aromatic carbocycles. The summed E-state index contributed by atoms with van der Waals surface area (Å²) in [4.78, 5) is 28.2. The molecule has 0 saturated carbocycles. The van der Waals surface area contributed by atoms with Gasteiger partial charge in [0, 0.05) is 19.6 Å². The second-order valence-corrected chi connectivity index (χ2v) is 18.5. The first-order valence-electron chi connectivity index (χ1n) is 22.5. The zero-order valence-corrected chi connectivity index (χ0v) is 38.8. The largest absolute Gasteiger partial charge is 0.494 e. The Hall–Kier alpha value is -3.98. The maximum atomic E-state index is 10.8. The van der Waals surface area contributed by atoms with Gasteiger partial charge < -0.3 is 35.0 Å². The minimum Gasteiger partial charge on any atom is -0.494 e. The highest BCUT2D eigenvalue weighted by Crippen LogP contribution is 2.34. The zero-order valence-electron chi connectivity index (χ0n) is 37.9. The summed E-state index contributed by atoms with van der Waals surface area (Å²) < 4.78 is 22.7. The molecule has 10 heteroatoms. The molecule has 0 aliphatic carbocycles. The number of carbonyl (C=O) groups is 1. The Balaban J connectivity index is 0.000000327. The fourth-order valence-electron chi connectivity index (χ4n) is 7.34. The Morgan fingerprint density at radius 1 is 0.607 bits per heavy atom. The highest BCUT2D eigenvalue weighted by atomic mass is 31.2. The molecule has 336 valence electrons. The number of aliphatic carboxylic acids is 1. The number of rotatable bonds is 28. The van der Waals surface area contributed by atoms with E-state index < -0.39 is 13.6 Å². The van der Waals surface area contributed by atoms with Gasteiger partial charge in [-0.15, -0.1) is 0 Å². The van der Waals surface area contributed by atoms with Gasteiger partial charge in [-0.25, -0.2) is 0 Å². The van der Waals surface area contributed by atoms with Crippen LogP contribution in [-0.4, -0.2) is 53.3 Å². The number of nitrogens with one attached hydrogen (secondary N) is 2. The number of aryl methyl sites for hydroxylation is 4. The molecule has 0 bridgehead atoms. The summed E-state index contributed by atoms with van der Waals surface area (Å²) in [5.41, 5.74) is 10.6. The van der Waals surface area contributed by atoms with E-state index >= 15 is 0 Å². The van der Waals surface area contributed by atoms with E-state index in [9.17, 15) is 9.36 Å². The van der Waals surface area contributed by atoms with E-state index in [4.69, 9.17) is 24.4 Å². The summed E-state index contributed by atoms with van der Waals surface area (Å²) in [6.45, 7) is 17.1. The Kier molecular flexibility index (Phi) is 24.1. The summed E-state index contributed by atoms with van der Waals surface area (Å²) in [5, 5.41) is 15.0. The molecule has 0 saturated heterocycles. The van der Waals surface area contributed by atoms with Crippen LogP contribution in [0.2, 0.25) is 0 Å². The monoisotopic (exact) mass is 859 g/mol. The van der Waals surface area contributed by atoms with E-state index in [-0.39, 0.29) is 12.6 Å². The molecule has 0 aromatic heterocycles. The average Bonchev–Trinajstić information content (AvgIpc) is 3.22. The van der Waals surface area contributed by atoms with Crippen LogP contribution in [0.4, 0.5) is 0 Å². The van der Waals surface area contributed by atoms with Gasteiger partial charge >= 0.3 is 13.6 Å². The van der Waals surface area contributed by atoms with Gasteiger partial charge in [-0.1, -0.05) is 93.8 Å². The highest BCUT2D eigenvalue weighted by molar-refractivity contribution is 7.51. The molecule has 0 radical (unpaired) electrons. The third-order valence-corrected chi connectivity index (χ3v) is 12.2. The molecular weight excluding hydrogens is 784 g/mol. The fraction of sp³-hybridized carbons (Fsp3) is 0.510. The van der Waals surface area contributed by atoms with Gasteiger partial charge in [0.05, 0.1) is 25.8 Å². The van der Waals surface area contributed by atoms with Crippen molar-refractivity contribution >= 4 is 13.6 Å². The molecule has 61 heavy (non-hydrogen) atoms. The summed E-state index contributed by atoms with van der Waals surface area (Å²) in [6.07, 6.45) is 10.9. The standard InChI is InChI=1S/C26H40NO4P.C25H35NO3/c1-4-7-23(19-25-10-9-21(2)22(3)18-25)8-5-16-31-26-13-11-24(12-14-26)20-27-15-6-17-32(28,29)30;1-4-21(17-23-8-7-19(2)20(3)16-23)6-5-15-29-24-11-9-22(10-12-24)18-26-14-13-25(27)28/h9-14,18,23,27H,4-8,15-17,19-20H2,1-3H3,(H2,28,29,30);7-12,16,21,26H,4-6,13-15,17-18H2,1-3H3,(H,27,28). The molecule has 2 atom stereocenters. The van der Waals surface area contributed by atoms with Crippen molar-refractivity contribution < 1.29 is 33.7 Å². The van der Waals surface area contributed by atoms with Crippen LogP contribution in [0.25, 0.3) is 0 Å². The van der Waals surface area contributed by atoms with E-state index in [2.05, 4.69) is 88.6 Å². The number of benzene rings is 4. The van der Waals surface area contributed by atoms with E-state index in [1.807, 2.05) is 48.5 Å². The van der Waals surface area contributed by atoms with Crippen molar-refractivity contribution in [3.63, 3.8) is 0 Å². The topological polar surface area (TPSA) is 137 Å². The second-order valence-electron chi connectivity index (χ2n) is 16.7. The van der Waals surface area contributed by atoms with E-state index in [0.717, 1.165) is 61.5 Å². The number of hydrogen-bond donors (Lipinski definition) is 5. The van der Waals surface area contributed by atoms with Crippen LogP contribution in [0.5, 0.6) is 11.5 Å².